The highest BCUT2D eigenvalue weighted by molar-refractivity contribution is 5.91. The van der Waals surface area contributed by atoms with Crippen LogP contribution in [-0.2, 0) is 15.0 Å². The minimum atomic E-state index is -1.64. The fourth-order valence-corrected chi connectivity index (χ4v) is 2.52. The molecule has 5 nitrogen and oxygen atoms in total. The van der Waals surface area contributed by atoms with E-state index in [0.29, 0.717) is 16.9 Å². The van der Waals surface area contributed by atoms with Crippen molar-refractivity contribution < 1.29 is 24.5 Å². The summed E-state index contributed by atoms with van der Waals surface area (Å²) in [6.45, 7) is 0. The Kier molecular flexibility index (Phi) is 4.46. The van der Waals surface area contributed by atoms with E-state index in [1.165, 1.54) is 7.11 Å². The summed E-state index contributed by atoms with van der Waals surface area (Å²) in [5.41, 5.74) is -0.816. The van der Waals surface area contributed by atoms with Crippen LogP contribution in [0.1, 0.15) is 17.5 Å². The number of hydrogen-bond donors (Lipinski definition) is 2. The molecule has 0 radical (unpaired) electrons. The van der Waals surface area contributed by atoms with Crippen LogP contribution in [0.4, 0.5) is 0 Å². The molecule has 0 heterocycles. The van der Waals surface area contributed by atoms with Crippen molar-refractivity contribution in [3.63, 3.8) is 0 Å². The largest absolute Gasteiger partial charge is 0.497 e. The highest BCUT2D eigenvalue weighted by Crippen LogP contribution is 2.37. The first kappa shape index (κ1) is 15.6. The number of methoxy groups -OCH3 is 1. The van der Waals surface area contributed by atoms with E-state index < -0.39 is 23.8 Å². The van der Waals surface area contributed by atoms with Gasteiger partial charge in [-0.3, -0.25) is 9.59 Å². The Morgan fingerprint density at radius 2 is 1.50 bits per heavy atom. The Balaban J connectivity index is 2.66. The molecule has 0 saturated carbocycles. The van der Waals surface area contributed by atoms with Crippen LogP contribution in [0.15, 0.2) is 54.6 Å². The second kappa shape index (κ2) is 6.30. The van der Waals surface area contributed by atoms with Gasteiger partial charge in [-0.25, -0.2) is 0 Å². The standard InChI is InChI=1S/C17H16O5/c1-22-14-9-7-13(8-10-14)17(16(20)21,11-15(18)19)12-5-3-2-4-6-12/h2-10H,11H2,1H3,(H,18,19)(H,20,21). The molecule has 2 aromatic rings. The van der Waals surface area contributed by atoms with Gasteiger partial charge in [-0.2, -0.15) is 0 Å². The summed E-state index contributed by atoms with van der Waals surface area (Å²) in [6.07, 6.45) is -0.543. The van der Waals surface area contributed by atoms with Gasteiger partial charge in [0.1, 0.15) is 11.2 Å². The van der Waals surface area contributed by atoms with Crippen molar-refractivity contribution in [2.45, 2.75) is 11.8 Å². The molecular formula is C17H16O5. The summed E-state index contributed by atoms with van der Waals surface area (Å²) >= 11 is 0. The van der Waals surface area contributed by atoms with Gasteiger partial charge < -0.3 is 14.9 Å². The summed E-state index contributed by atoms with van der Waals surface area (Å²) < 4.78 is 5.07. The SMILES string of the molecule is COc1ccc(C(CC(=O)O)(C(=O)O)c2ccccc2)cc1. The number of rotatable bonds is 6. The van der Waals surface area contributed by atoms with Gasteiger partial charge in [0.05, 0.1) is 13.5 Å². The van der Waals surface area contributed by atoms with Gasteiger partial charge in [-0.15, -0.1) is 0 Å². The molecule has 0 aliphatic rings. The molecule has 22 heavy (non-hydrogen) atoms. The molecule has 0 aliphatic heterocycles. The smallest absolute Gasteiger partial charge is 0.319 e. The Bertz CT molecular complexity index is 663. The first-order valence-electron chi connectivity index (χ1n) is 6.66. The Hall–Kier alpha value is -2.82. The molecule has 1 unspecified atom stereocenters. The number of carboxylic acid groups (broad SMARTS) is 2. The Morgan fingerprint density at radius 3 is 1.95 bits per heavy atom. The second-order valence-corrected chi connectivity index (χ2v) is 4.88. The number of carbonyl (C=O) groups is 2. The van der Waals surface area contributed by atoms with E-state index in [4.69, 9.17) is 4.74 Å². The summed E-state index contributed by atoms with van der Waals surface area (Å²) in [7, 11) is 1.51. The van der Waals surface area contributed by atoms with Crippen LogP contribution < -0.4 is 4.74 Å². The van der Waals surface area contributed by atoms with Gasteiger partial charge in [0.15, 0.2) is 0 Å². The van der Waals surface area contributed by atoms with Crippen LogP contribution in [0, 0.1) is 0 Å². The van der Waals surface area contributed by atoms with Crippen molar-refractivity contribution in [1.29, 1.82) is 0 Å². The third-order valence-electron chi connectivity index (χ3n) is 3.63. The van der Waals surface area contributed by atoms with Gasteiger partial charge in [-0.1, -0.05) is 42.5 Å². The molecule has 2 N–H and O–H groups in total. The lowest BCUT2D eigenvalue weighted by atomic mass is 9.72. The maximum atomic E-state index is 12.0. The van der Waals surface area contributed by atoms with E-state index in [0.717, 1.165) is 0 Å². The van der Waals surface area contributed by atoms with Crippen LogP contribution in [0.3, 0.4) is 0 Å². The van der Waals surface area contributed by atoms with Gasteiger partial charge >= 0.3 is 11.9 Å². The van der Waals surface area contributed by atoms with Gasteiger partial charge in [0, 0.05) is 0 Å². The van der Waals surface area contributed by atoms with Crippen molar-refractivity contribution in [2.24, 2.45) is 0 Å². The van der Waals surface area contributed by atoms with E-state index in [1.54, 1.807) is 54.6 Å². The highest BCUT2D eigenvalue weighted by Gasteiger charge is 2.44. The summed E-state index contributed by atoms with van der Waals surface area (Å²) in [5, 5.41) is 19.0. The number of aliphatic carboxylic acids is 2. The van der Waals surface area contributed by atoms with Crippen LogP contribution in [0.2, 0.25) is 0 Å². The zero-order valence-electron chi connectivity index (χ0n) is 12.0. The quantitative estimate of drug-likeness (QED) is 0.856. The van der Waals surface area contributed by atoms with Crippen LogP contribution in [0.25, 0.3) is 0 Å². The zero-order chi connectivity index (χ0) is 16.2. The third-order valence-corrected chi connectivity index (χ3v) is 3.63. The van der Waals surface area contributed by atoms with E-state index >= 15 is 0 Å². The molecule has 0 fully saturated rings. The molecule has 1 atom stereocenters. The molecule has 2 rings (SSSR count). The summed E-state index contributed by atoms with van der Waals surface area (Å²) in [6, 6.07) is 14.8. The predicted molar refractivity (Wildman–Crippen MR) is 80.1 cm³/mol. The van der Waals surface area contributed by atoms with Crippen LogP contribution in [0.5, 0.6) is 5.75 Å². The molecule has 114 valence electrons. The first-order valence-corrected chi connectivity index (χ1v) is 6.66. The molecule has 0 aromatic heterocycles. The van der Waals surface area contributed by atoms with Gasteiger partial charge in [0.25, 0.3) is 0 Å². The Morgan fingerprint density at radius 1 is 0.955 bits per heavy atom. The van der Waals surface area contributed by atoms with Gasteiger partial charge in [-0.05, 0) is 23.3 Å². The first-order chi connectivity index (χ1) is 10.5. The number of benzene rings is 2. The maximum Gasteiger partial charge on any atom is 0.319 e. The fraction of sp³-hybridized carbons (Fsp3) is 0.176. The number of ether oxygens (including phenoxy) is 1. The average Bonchev–Trinajstić information content (AvgIpc) is 2.53. The average molecular weight is 300 g/mol. The normalized spacial score (nSPS) is 13.1. The van der Waals surface area contributed by atoms with E-state index in [-0.39, 0.29) is 0 Å². The van der Waals surface area contributed by atoms with Gasteiger partial charge in [0.2, 0.25) is 0 Å². The number of carboxylic acids is 2. The molecule has 0 saturated heterocycles. The molecule has 0 bridgehead atoms. The van der Waals surface area contributed by atoms with Crippen molar-refractivity contribution in [1.82, 2.24) is 0 Å². The van der Waals surface area contributed by atoms with E-state index in [2.05, 4.69) is 0 Å². The zero-order valence-corrected chi connectivity index (χ0v) is 12.0. The lowest BCUT2D eigenvalue weighted by Gasteiger charge is -2.29. The Labute approximate surface area is 127 Å². The molecular weight excluding hydrogens is 284 g/mol. The molecule has 0 aliphatic carbocycles. The third kappa shape index (κ3) is 2.79. The van der Waals surface area contributed by atoms with Crippen molar-refractivity contribution in [3.05, 3.63) is 65.7 Å². The van der Waals surface area contributed by atoms with Crippen molar-refractivity contribution >= 4 is 11.9 Å². The number of hydrogen-bond acceptors (Lipinski definition) is 3. The molecule has 0 amide bonds. The topological polar surface area (TPSA) is 83.8 Å². The fourth-order valence-electron chi connectivity index (χ4n) is 2.52. The highest BCUT2D eigenvalue weighted by atomic mass is 16.5. The maximum absolute atomic E-state index is 12.0. The van der Waals surface area contributed by atoms with Crippen molar-refractivity contribution in [3.8, 4) is 5.75 Å². The van der Waals surface area contributed by atoms with E-state index in [9.17, 15) is 19.8 Å². The summed E-state index contributed by atoms with van der Waals surface area (Å²) in [5.74, 6) is -1.81. The van der Waals surface area contributed by atoms with Crippen LogP contribution in [-0.4, -0.2) is 29.3 Å². The minimum absolute atomic E-state index is 0.398. The lowest BCUT2D eigenvalue weighted by molar-refractivity contribution is -0.148. The lowest BCUT2D eigenvalue weighted by Crippen LogP contribution is -2.39. The molecule has 2 aromatic carbocycles. The minimum Gasteiger partial charge on any atom is -0.497 e. The molecule has 5 heteroatoms. The summed E-state index contributed by atoms with van der Waals surface area (Å²) in [4.78, 5) is 23.3. The van der Waals surface area contributed by atoms with E-state index in [1.807, 2.05) is 0 Å². The monoisotopic (exact) mass is 300 g/mol. The molecule has 0 spiro atoms. The van der Waals surface area contributed by atoms with Crippen LogP contribution >= 0.6 is 0 Å². The predicted octanol–water partition coefficient (Wildman–Crippen LogP) is 2.54. The second-order valence-electron chi connectivity index (χ2n) is 4.88. The van der Waals surface area contributed by atoms with Crippen molar-refractivity contribution in [2.75, 3.05) is 7.11 Å².